The fourth-order valence-corrected chi connectivity index (χ4v) is 4.60. The van der Waals surface area contributed by atoms with Gasteiger partial charge in [0.05, 0.1) is 18.3 Å². The summed E-state index contributed by atoms with van der Waals surface area (Å²) >= 11 is 0. The van der Waals surface area contributed by atoms with Crippen LogP contribution in [0, 0.1) is 5.82 Å². The van der Waals surface area contributed by atoms with Gasteiger partial charge < -0.3 is 14.4 Å². The zero-order valence-electron chi connectivity index (χ0n) is 18.5. The number of benzene rings is 3. The summed E-state index contributed by atoms with van der Waals surface area (Å²) < 4.78 is 61.1. The molecule has 2 aliphatic heterocycles. The molecule has 0 spiro atoms. The first kappa shape index (κ1) is 23.2. The summed E-state index contributed by atoms with van der Waals surface area (Å²) in [6, 6.07) is 18.4. The molecule has 1 amide bonds. The number of para-hydroxylation sites is 2. The molecule has 35 heavy (non-hydrogen) atoms. The van der Waals surface area contributed by atoms with Crippen LogP contribution in [-0.4, -0.2) is 35.9 Å². The molecule has 2 aliphatic rings. The van der Waals surface area contributed by atoms with Gasteiger partial charge in [-0.3, -0.25) is 9.69 Å². The molecule has 1 fully saturated rings. The van der Waals surface area contributed by atoms with E-state index >= 15 is 0 Å². The quantitative estimate of drug-likeness (QED) is 0.460. The zero-order valence-corrected chi connectivity index (χ0v) is 18.5. The van der Waals surface area contributed by atoms with Crippen molar-refractivity contribution in [3.05, 3.63) is 89.7 Å². The van der Waals surface area contributed by atoms with Crippen LogP contribution in [0.1, 0.15) is 17.5 Å². The third-order valence-electron chi connectivity index (χ3n) is 6.16. The predicted octanol–water partition coefficient (Wildman–Crippen LogP) is 5.29. The van der Waals surface area contributed by atoms with Crippen molar-refractivity contribution in [3.63, 3.8) is 0 Å². The van der Waals surface area contributed by atoms with E-state index in [0.717, 1.165) is 5.56 Å². The molecule has 0 aromatic heterocycles. The number of carbonyl (C=O) groups is 1. The van der Waals surface area contributed by atoms with Crippen LogP contribution >= 0.6 is 0 Å². The highest BCUT2D eigenvalue weighted by molar-refractivity contribution is 5.99. The number of fused-ring (bicyclic) bond motifs is 3. The van der Waals surface area contributed by atoms with E-state index in [-0.39, 0.29) is 30.1 Å². The van der Waals surface area contributed by atoms with Crippen molar-refractivity contribution in [2.24, 2.45) is 0 Å². The van der Waals surface area contributed by atoms with Crippen LogP contribution in [-0.2, 0) is 17.9 Å². The maximum atomic E-state index is 13.8. The lowest BCUT2D eigenvalue weighted by molar-refractivity contribution is -0.274. The Morgan fingerprint density at radius 1 is 0.914 bits per heavy atom. The minimum Gasteiger partial charge on any atom is -0.487 e. The molecule has 1 saturated heterocycles. The highest BCUT2D eigenvalue weighted by Gasteiger charge is 2.42. The Labute approximate surface area is 199 Å². The van der Waals surface area contributed by atoms with E-state index in [1.807, 2.05) is 17.0 Å². The lowest BCUT2D eigenvalue weighted by Gasteiger charge is -2.32. The summed E-state index contributed by atoms with van der Waals surface area (Å²) in [6.45, 7) is 1.15. The van der Waals surface area contributed by atoms with E-state index in [0.29, 0.717) is 36.5 Å². The van der Waals surface area contributed by atoms with Gasteiger partial charge in [0.15, 0.2) is 0 Å². The molecule has 5 nitrogen and oxygen atoms in total. The number of ether oxygens (including phenoxy) is 2. The molecule has 0 unspecified atom stereocenters. The largest absolute Gasteiger partial charge is 0.573 e. The minimum atomic E-state index is -4.77. The van der Waals surface area contributed by atoms with Crippen LogP contribution in [0.3, 0.4) is 0 Å². The Morgan fingerprint density at radius 2 is 1.57 bits per heavy atom. The van der Waals surface area contributed by atoms with Crippen LogP contribution in [0.2, 0.25) is 0 Å². The molecular formula is C26H22F4N2O3. The van der Waals surface area contributed by atoms with Crippen molar-refractivity contribution in [3.8, 4) is 11.5 Å². The van der Waals surface area contributed by atoms with Crippen molar-refractivity contribution in [1.82, 2.24) is 4.90 Å². The van der Waals surface area contributed by atoms with Crippen molar-refractivity contribution in [2.45, 2.75) is 38.0 Å². The van der Waals surface area contributed by atoms with Gasteiger partial charge in [-0.1, -0.05) is 36.4 Å². The highest BCUT2D eigenvalue weighted by Crippen LogP contribution is 2.37. The van der Waals surface area contributed by atoms with Crippen molar-refractivity contribution >= 4 is 11.6 Å². The standard InChI is InChI=1S/C26H22F4N2O3/c27-19-9-5-17(6-10-19)14-31-16-21-13-23(31)25(33)32(22-3-1-2-4-24(22)34-21)15-18-7-11-20(12-8-18)35-26(28,29)30/h1-12,21,23H,13-16H2/t21-,23-/m0/s1. The Hall–Kier alpha value is -3.59. The van der Waals surface area contributed by atoms with Crippen molar-refractivity contribution < 1.29 is 31.8 Å². The molecule has 0 aliphatic carbocycles. The van der Waals surface area contributed by atoms with E-state index in [4.69, 9.17) is 4.74 Å². The Balaban J connectivity index is 1.42. The fourth-order valence-electron chi connectivity index (χ4n) is 4.60. The van der Waals surface area contributed by atoms with E-state index in [1.54, 1.807) is 29.2 Å². The molecule has 9 heteroatoms. The maximum absolute atomic E-state index is 13.8. The number of hydrogen-bond donors (Lipinski definition) is 0. The van der Waals surface area contributed by atoms with Crippen molar-refractivity contribution in [2.75, 3.05) is 11.4 Å². The molecule has 0 saturated carbocycles. The summed E-state index contributed by atoms with van der Waals surface area (Å²) in [6.07, 6.45) is -4.45. The molecule has 2 heterocycles. The number of halogens is 4. The number of carbonyl (C=O) groups excluding carboxylic acids is 1. The summed E-state index contributed by atoms with van der Waals surface area (Å²) in [5.41, 5.74) is 2.13. The average molecular weight is 486 g/mol. The second kappa shape index (κ2) is 9.22. The average Bonchev–Trinajstić information content (AvgIpc) is 3.22. The number of rotatable bonds is 5. The number of likely N-dealkylation sites (tertiary alicyclic amines) is 1. The van der Waals surface area contributed by atoms with E-state index < -0.39 is 12.4 Å². The predicted molar refractivity (Wildman–Crippen MR) is 120 cm³/mol. The Morgan fingerprint density at radius 3 is 2.29 bits per heavy atom. The van der Waals surface area contributed by atoms with Gasteiger partial charge in [0.25, 0.3) is 0 Å². The van der Waals surface area contributed by atoms with Crippen LogP contribution in [0.4, 0.5) is 23.2 Å². The topological polar surface area (TPSA) is 42.0 Å². The lowest BCUT2D eigenvalue weighted by Crippen LogP contribution is -2.45. The van der Waals surface area contributed by atoms with Gasteiger partial charge in [0, 0.05) is 19.5 Å². The van der Waals surface area contributed by atoms with Gasteiger partial charge in [-0.2, -0.15) is 0 Å². The van der Waals surface area contributed by atoms with Crippen LogP contribution in [0.5, 0.6) is 11.5 Å². The number of alkyl halides is 3. The Bertz CT molecular complexity index is 1200. The van der Waals surface area contributed by atoms with E-state index in [1.165, 1.54) is 36.4 Å². The third kappa shape index (κ3) is 5.24. The third-order valence-corrected chi connectivity index (χ3v) is 6.16. The monoisotopic (exact) mass is 486 g/mol. The van der Waals surface area contributed by atoms with Crippen LogP contribution in [0.15, 0.2) is 72.8 Å². The number of nitrogens with zero attached hydrogens (tertiary/aromatic N) is 2. The first-order valence-corrected chi connectivity index (χ1v) is 11.2. The summed E-state index contributed by atoms with van der Waals surface area (Å²) in [4.78, 5) is 17.5. The van der Waals surface area contributed by atoms with E-state index in [2.05, 4.69) is 4.74 Å². The lowest BCUT2D eigenvalue weighted by atomic mass is 10.1. The molecular weight excluding hydrogens is 464 g/mol. The highest BCUT2D eigenvalue weighted by atomic mass is 19.4. The molecule has 0 radical (unpaired) electrons. The van der Waals surface area contributed by atoms with Crippen LogP contribution in [0.25, 0.3) is 0 Å². The second-order valence-electron chi connectivity index (χ2n) is 8.63. The van der Waals surface area contributed by atoms with Gasteiger partial charge in [-0.25, -0.2) is 4.39 Å². The van der Waals surface area contributed by atoms with Gasteiger partial charge in [0.2, 0.25) is 5.91 Å². The number of anilines is 1. The first-order valence-electron chi connectivity index (χ1n) is 11.2. The molecule has 5 rings (SSSR count). The van der Waals surface area contributed by atoms with Crippen LogP contribution < -0.4 is 14.4 Å². The molecule has 182 valence electrons. The summed E-state index contributed by atoms with van der Waals surface area (Å²) in [7, 11) is 0. The molecule has 0 N–H and O–H groups in total. The normalized spacial score (nSPS) is 20.1. The van der Waals surface area contributed by atoms with Gasteiger partial charge in [-0.05, 0) is 47.5 Å². The molecule has 3 aromatic rings. The minimum absolute atomic E-state index is 0.124. The zero-order chi connectivity index (χ0) is 24.6. The Kier molecular flexibility index (Phi) is 6.10. The smallest absolute Gasteiger partial charge is 0.487 e. The number of hydrogen-bond acceptors (Lipinski definition) is 4. The molecule has 2 bridgehead atoms. The van der Waals surface area contributed by atoms with Crippen molar-refractivity contribution in [1.29, 1.82) is 0 Å². The molecule has 3 aromatic carbocycles. The van der Waals surface area contributed by atoms with Gasteiger partial charge >= 0.3 is 6.36 Å². The SMILES string of the molecule is O=C1[C@@H]2C[C@@H](CN2Cc2ccc(F)cc2)Oc2ccccc2N1Cc1ccc(OC(F)(F)F)cc1. The molecule has 2 atom stereocenters. The maximum Gasteiger partial charge on any atom is 0.573 e. The van der Waals surface area contributed by atoms with Gasteiger partial charge in [-0.15, -0.1) is 13.2 Å². The second-order valence-corrected chi connectivity index (χ2v) is 8.63. The van der Waals surface area contributed by atoms with E-state index in [9.17, 15) is 22.4 Å². The van der Waals surface area contributed by atoms with Gasteiger partial charge in [0.1, 0.15) is 23.4 Å². The number of amides is 1. The first-order chi connectivity index (χ1) is 16.7. The summed E-state index contributed by atoms with van der Waals surface area (Å²) in [5, 5.41) is 0. The summed E-state index contributed by atoms with van der Waals surface area (Å²) in [5.74, 6) is -0.200. The fraction of sp³-hybridized carbons (Fsp3) is 0.269.